The Morgan fingerprint density at radius 2 is 2.05 bits per heavy atom. The molecule has 0 aliphatic carbocycles. The Labute approximate surface area is 124 Å². The minimum Gasteiger partial charge on any atom is -0.337 e. The van der Waals surface area contributed by atoms with Gasteiger partial charge < -0.3 is 4.90 Å². The van der Waals surface area contributed by atoms with Crippen molar-refractivity contribution < 1.29 is 4.79 Å². The lowest BCUT2D eigenvalue weighted by Gasteiger charge is -2.32. The molecule has 5 heteroatoms. The molecule has 3 rings (SSSR count). The highest BCUT2D eigenvalue weighted by molar-refractivity contribution is 6.33. The van der Waals surface area contributed by atoms with Gasteiger partial charge in [0.15, 0.2) is 0 Å². The van der Waals surface area contributed by atoms with Crippen LogP contribution in [0, 0.1) is 0 Å². The van der Waals surface area contributed by atoms with E-state index in [0.717, 1.165) is 19.5 Å². The van der Waals surface area contributed by atoms with Gasteiger partial charge in [0.05, 0.1) is 10.6 Å². The van der Waals surface area contributed by atoms with Crippen LogP contribution in [-0.2, 0) is 0 Å². The third-order valence-corrected chi connectivity index (χ3v) is 4.69. The maximum Gasteiger partial charge on any atom is 0.256 e. The topological polar surface area (TPSA) is 36.4 Å². The molecule has 1 aromatic rings. The summed E-state index contributed by atoms with van der Waals surface area (Å²) in [5.74, 6) is 0.0163. The van der Waals surface area contributed by atoms with Crippen molar-refractivity contribution >= 4 is 17.5 Å². The summed E-state index contributed by atoms with van der Waals surface area (Å²) in [6, 6.07) is 2.20. The monoisotopic (exact) mass is 293 g/mol. The van der Waals surface area contributed by atoms with Gasteiger partial charge in [-0.25, -0.2) is 0 Å². The summed E-state index contributed by atoms with van der Waals surface area (Å²) in [5, 5.41) is 0.492. The maximum atomic E-state index is 12.5. The average molecular weight is 294 g/mol. The minimum absolute atomic E-state index is 0.0163. The predicted octanol–water partition coefficient (Wildman–Crippen LogP) is 2.44. The number of halogens is 1. The number of carbonyl (C=O) groups excluding carboxylic acids is 1. The van der Waals surface area contributed by atoms with E-state index in [2.05, 4.69) is 9.88 Å². The standard InChI is InChI=1S/C15H20ClN3O/c16-14-4-6-17-10-13(14)15(20)19-9-5-12(11-19)18-7-2-1-3-8-18/h4,6,10,12H,1-3,5,7-9,11H2. The molecule has 0 radical (unpaired) electrons. The van der Waals surface area contributed by atoms with E-state index in [1.165, 1.54) is 32.4 Å². The summed E-state index contributed by atoms with van der Waals surface area (Å²) < 4.78 is 0. The summed E-state index contributed by atoms with van der Waals surface area (Å²) in [7, 11) is 0. The van der Waals surface area contributed by atoms with Crippen LogP contribution < -0.4 is 0 Å². The first kappa shape index (κ1) is 13.8. The normalized spacial score (nSPS) is 24.1. The largest absolute Gasteiger partial charge is 0.337 e. The van der Waals surface area contributed by atoms with Crippen LogP contribution in [0.5, 0.6) is 0 Å². The molecule has 0 aromatic carbocycles. The molecule has 0 spiro atoms. The number of rotatable bonds is 2. The number of hydrogen-bond donors (Lipinski definition) is 0. The van der Waals surface area contributed by atoms with Gasteiger partial charge in [-0.1, -0.05) is 18.0 Å². The SMILES string of the molecule is O=C(c1cnccc1Cl)N1CCC(N2CCCCC2)C1. The number of carbonyl (C=O) groups is 1. The second-order valence-electron chi connectivity index (χ2n) is 5.65. The Balaban J connectivity index is 1.65. The quantitative estimate of drug-likeness (QED) is 0.840. The summed E-state index contributed by atoms with van der Waals surface area (Å²) in [4.78, 5) is 20.9. The fraction of sp³-hybridized carbons (Fsp3) is 0.600. The van der Waals surface area contributed by atoms with Crippen molar-refractivity contribution in [1.82, 2.24) is 14.8 Å². The van der Waals surface area contributed by atoms with Crippen LogP contribution in [0.4, 0.5) is 0 Å². The molecular weight excluding hydrogens is 274 g/mol. The molecule has 1 aromatic heterocycles. The van der Waals surface area contributed by atoms with Crippen LogP contribution in [0.1, 0.15) is 36.0 Å². The van der Waals surface area contributed by atoms with Crippen LogP contribution in [0.3, 0.4) is 0 Å². The van der Waals surface area contributed by atoms with Crippen LogP contribution in [0.2, 0.25) is 5.02 Å². The molecule has 3 heterocycles. The van der Waals surface area contributed by atoms with Gasteiger partial charge in [0.2, 0.25) is 0 Å². The Morgan fingerprint density at radius 1 is 1.25 bits per heavy atom. The fourth-order valence-electron chi connectivity index (χ4n) is 3.21. The second-order valence-corrected chi connectivity index (χ2v) is 6.05. The van der Waals surface area contributed by atoms with E-state index in [1.807, 2.05) is 4.90 Å². The van der Waals surface area contributed by atoms with Crippen LogP contribution >= 0.6 is 11.6 Å². The number of likely N-dealkylation sites (tertiary alicyclic amines) is 2. The van der Waals surface area contributed by atoms with E-state index in [-0.39, 0.29) is 5.91 Å². The van der Waals surface area contributed by atoms with Gasteiger partial charge in [0.25, 0.3) is 5.91 Å². The highest BCUT2D eigenvalue weighted by atomic mass is 35.5. The summed E-state index contributed by atoms with van der Waals surface area (Å²) in [5.41, 5.74) is 0.522. The molecule has 1 amide bonds. The Bertz CT molecular complexity index is 488. The van der Waals surface area contributed by atoms with Gasteiger partial charge in [-0.15, -0.1) is 0 Å². The van der Waals surface area contributed by atoms with Crippen LogP contribution in [0.15, 0.2) is 18.5 Å². The number of nitrogens with zero attached hydrogens (tertiary/aromatic N) is 3. The van der Waals surface area contributed by atoms with Crippen molar-refractivity contribution in [3.8, 4) is 0 Å². The molecule has 1 atom stereocenters. The number of hydrogen-bond acceptors (Lipinski definition) is 3. The predicted molar refractivity (Wildman–Crippen MR) is 79.0 cm³/mol. The van der Waals surface area contributed by atoms with Crippen molar-refractivity contribution in [2.45, 2.75) is 31.7 Å². The number of piperidine rings is 1. The average Bonchev–Trinajstić information content (AvgIpc) is 2.98. The second kappa shape index (κ2) is 6.10. The molecule has 2 aliphatic heterocycles. The smallest absolute Gasteiger partial charge is 0.256 e. The Hall–Kier alpha value is -1.13. The molecule has 2 aliphatic rings. The third-order valence-electron chi connectivity index (χ3n) is 4.36. The Kier molecular flexibility index (Phi) is 4.22. The number of amides is 1. The molecule has 108 valence electrons. The van der Waals surface area contributed by atoms with Gasteiger partial charge in [-0.2, -0.15) is 0 Å². The van der Waals surface area contributed by atoms with Crippen molar-refractivity contribution in [2.24, 2.45) is 0 Å². The summed E-state index contributed by atoms with van der Waals surface area (Å²) in [6.07, 6.45) is 8.18. The van der Waals surface area contributed by atoms with Crippen molar-refractivity contribution in [3.63, 3.8) is 0 Å². The molecule has 4 nitrogen and oxygen atoms in total. The van der Waals surface area contributed by atoms with E-state index < -0.39 is 0 Å². The first-order valence-electron chi connectivity index (χ1n) is 7.38. The summed E-state index contributed by atoms with van der Waals surface area (Å²) >= 11 is 6.08. The molecule has 2 fully saturated rings. The van der Waals surface area contributed by atoms with Gasteiger partial charge in [0, 0.05) is 31.5 Å². The fourth-order valence-corrected chi connectivity index (χ4v) is 3.40. The van der Waals surface area contributed by atoms with Gasteiger partial charge in [-0.3, -0.25) is 14.7 Å². The molecule has 0 N–H and O–H groups in total. The van der Waals surface area contributed by atoms with Crippen molar-refractivity contribution in [2.75, 3.05) is 26.2 Å². The van der Waals surface area contributed by atoms with Crippen molar-refractivity contribution in [1.29, 1.82) is 0 Å². The number of aromatic nitrogens is 1. The zero-order valence-electron chi connectivity index (χ0n) is 11.6. The van der Waals surface area contributed by atoms with Crippen LogP contribution in [-0.4, -0.2) is 52.9 Å². The Morgan fingerprint density at radius 3 is 2.80 bits per heavy atom. The first-order chi connectivity index (χ1) is 9.75. The van der Waals surface area contributed by atoms with Gasteiger partial charge in [-0.05, 0) is 38.4 Å². The van der Waals surface area contributed by atoms with E-state index in [0.29, 0.717) is 16.6 Å². The summed E-state index contributed by atoms with van der Waals surface area (Å²) in [6.45, 7) is 4.01. The lowest BCUT2D eigenvalue weighted by atomic mass is 10.1. The molecule has 2 saturated heterocycles. The zero-order valence-corrected chi connectivity index (χ0v) is 12.4. The molecule has 20 heavy (non-hydrogen) atoms. The lowest BCUT2D eigenvalue weighted by molar-refractivity contribution is 0.0771. The zero-order chi connectivity index (χ0) is 13.9. The van der Waals surface area contributed by atoms with E-state index in [4.69, 9.17) is 11.6 Å². The first-order valence-corrected chi connectivity index (χ1v) is 7.76. The third kappa shape index (κ3) is 2.81. The van der Waals surface area contributed by atoms with E-state index in [9.17, 15) is 4.79 Å². The van der Waals surface area contributed by atoms with E-state index in [1.54, 1.807) is 18.5 Å². The minimum atomic E-state index is 0.0163. The number of pyridine rings is 1. The molecule has 0 bridgehead atoms. The van der Waals surface area contributed by atoms with Crippen LogP contribution in [0.25, 0.3) is 0 Å². The highest BCUT2D eigenvalue weighted by Gasteiger charge is 2.31. The molecular formula is C15H20ClN3O. The lowest BCUT2D eigenvalue weighted by Crippen LogP contribution is -2.41. The van der Waals surface area contributed by atoms with Gasteiger partial charge >= 0.3 is 0 Å². The van der Waals surface area contributed by atoms with Crippen molar-refractivity contribution in [3.05, 3.63) is 29.0 Å². The molecule has 1 unspecified atom stereocenters. The maximum absolute atomic E-state index is 12.5. The van der Waals surface area contributed by atoms with E-state index >= 15 is 0 Å². The van der Waals surface area contributed by atoms with Gasteiger partial charge in [0.1, 0.15) is 0 Å². The highest BCUT2D eigenvalue weighted by Crippen LogP contribution is 2.23. The molecule has 0 saturated carbocycles.